The van der Waals surface area contributed by atoms with Gasteiger partial charge in [-0.25, -0.2) is 4.79 Å². The van der Waals surface area contributed by atoms with Gasteiger partial charge in [-0.05, 0) is 44.3 Å². The van der Waals surface area contributed by atoms with Gasteiger partial charge in [-0.15, -0.1) is 0 Å². The molecule has 0 saturated heterocycles. The molecule has 0 fully saturated rings. The molecular formula is C12H15ClN2O2S. The number of rotatable bonds is 3. The molecule has 0 saturated carbocycles. The van der Waals surface area contributed by atoms with Gasteiger partial charge in [0.15, 0.2) is 5.11 Å². The molecule has 0 spiro atoms. The minimum absolute atomic E-state index is 0.234. The van der Waals surface area contributed by atoms with E-state index < -0.39 is 5.97 Å². The summed E-state index contributed by atoms with van der Waals surface area (Å²) in [7, 11) is 1.31. The Labute approximate surface area is 117 Å². The van der Waals surface area contributed by atoms with Crippen LogP contribution < -0.4 is 10.6 Å². The molecule has 0 radical (unpaired) electrons. The maximum atomic E-state index is 11.5. The number of carbonyl (C=O) groups is 1. The third-order valence-corrected chi connectivity index (χ3v) is 2.60. The van der Waals surface area contributed by atoms with Crippen LogP contribution in [0.5, 0.6) is 0 Å². The van der Waals surface area contributed by atoms with Gasteiger partial charge >= 0.3 is 5.97 Å². The Bertz CT molecular complexity index is 463. The fraction of sp³-hybridized carbons (Fsp3) is 0.333. The lowest BCUT2D eigenvalue weighted by Gasteiger charge is -2.13. The van der Waals surface area contributed by atoms with Crippen LogP contribution in [-0.2, 0) is 4.74 Å². The number of thiocarbonyl (C=S) groups is 1. The average molecular weight is 287 g/mol. The lowest BCUT2D eigenvalue weighted by Crippen LogP contribution is -2.33. The van der Waals surface area contributed by atoms with Crippen molar-refractivity contribution in [3.05, 3.63) is 28.8 Å². The number of anilines is 1. The van der Waals surface area contributed by atoms with E-state index in [0.29, 0.717) is 21.4 Å². The number of nitrogens with one attached hydrogen (secondary N) is 2. The van der Waals surface area contributed by atoms with Crippen molar-refractivity contribution in [2.45, 2.75) is 19.9 Å². The van der Waals surface area contributed by atoms with Gasteiger partial charge in [-0.3, -0.25) is 0 Å². The molecule has 2 N–H and O–H groups in total. The SMILES string of the molecule is COC(=O)c1cc(NC(=S)NC(C)C)ccc1Cl. The zero-order valence-electron chi connectivity index (χ0n) is 10.4. The maximum absolute atomic E-state index is 11.5. The van der Waals surface area contributed by atoms with Gasteiger partial charge in [0.05, 0.1) is 17.7 Å². The molecule has 0 unspecified atom stereocenters. The monoisotopic (exact) mass is 286 g/mol. The summed E-state index contributed by atoms with van der Waals surface area (Å²) in [5, 5.41) is 6.85. The smallest absolute Gasteiger partial charge is 0.339 e. The second-order valence-electron chi connectivity index (χ2n) is 3.94. The topological polar surface area (TPSA) is 50.4 Å². The minimum atomic E-state index is -0.480. The lowest BCUT2D eigenvalue weighted by atomic mass is 10.2. The van der Waals surface area contributed by atoms with Crippen LogP contribution in [0.15, 0.2) is 18.2 Å². The highest BCUT2D eigenvalue weighted by Gasteiger charge is 2.11. The highest BCUT2D eigenvalue weighted by atomic mass is 35.5. The molecule has 1 rings (SSSR count). The third kappa shape index (κ3) is 4.16. The molecule has 0 amide bonds. The fourth-order valence-electron chi connectivity index (χ4n) is 1.30. The number of hydrogen-bond donors (Lipinski definition) is 2. The van der Waals surface area contributed by atoms with Crippen LogP contribution in [0.1, 0.15) is 24.2 Å². The lowest BCUT2D eigenvalue weighted by molar-refractivity contribution is 0.0601. The molecule has 18 heavy (non-hydrogen) atoms. The van der Waals surface area contributed by atoms with E-state index >= 15 is 0 Å². The van der Waals surface area contributed by atoms with Crippen molar-refractivity contribution in [2.24, 2.45) is 0 Å². The van der Waals surface area contributed by atoms with E-state index in [1.54, 1.807) is 18.2 Å². The number of benzene rings is 1. The van der Waals surface area contributed by atoms with Crippen LogP contribution in [0.3, 0.4) is 0 Å². The van der Waals surface area contributed by atoms with Crippen molar-refractivity contribution >= 4 is 40.6 Å². The van der Waals surface area contributed by atoms with Gasteiger partial charge in [0.25, 0.3) is 0 Å². The van der Waals surface area contributed by atoms with Crippen LogP contribution in [0, 0.1) is 0 Å². The summed E-state index contributed by atoms with van der Waals surface area (Å²) in [4.78, 5) is 11.5. The van der Waals surface area contributed by atoms with Crippen molar-refractivity contribution in [3.8, 4) is 0 Å². The van der Waals surface area contributed by atoms with E-state index in [1.807, 2.05) is 13.8 Å². The molecule has 0 aliphatic carbocycles. The van der Waals surface area contributed by atoms with Crippen LogP contribution in [0.4, 0.5) is 5.69 Å². The molecule has 0 bridgehead atoms. The Balaban J connectivity index is 2.85. The van der Waals surface area contributed by atoms with Crippen molar-refractivity contribution in [3.63, 3.8) is 0 Å². The van der Waals surface area contributed by atoms with Crippen molar-refractivity contribution < 1.29 is 9.53 Å². The number of hydrogen-bond acceptors (Lipinski definition) is 3. The van der Waals surface area contributed by atoms with Gasteiger partial charge in [0.2, 0.25) is 0 Å². The Morgan fingerprint density at radius 1 is 1.44 bits per heavy atom. The standard InChI is InChI=1S/C12H15ClN2O2S/c1-7(2)14-12(18)15-8-4-5-10(13)9(6-8)11(16)17-3/h4-7H,1-3H3,(H2,14,15,18). The summed E-state index contributed by atoms with van der Waals surface area (Å²) in [6, 6.07) is 5.19. The third-order valence-electron chi connectivity index (χ3n) is 2.05. The number of methoxy groups -OCH3 is 1. The number of esters is 1. The molecule has 98 valence electrons. The Morgan fingerprint density at radius 2 is 2.11 bits per heavy atom. The predicted octanol–water partition coefficient (Wildman–Crippen LogP) is 2.82. The summed E-state index contributed by atoms with van der Waals surface area (Å²) in [5.41, 5.74) is 0.981. The molecule has 0 heterocycles. The maximum Gasteiger partial charge on any atom is 0.339 e. The second-order valence-corrected chi connectivity index (χ2v) is 4.75. The van der Waals surface area contributed by atoms with E-state index in [9.17, 15) is 4.79 Å². The van der Waals surface area contributed by atoms with Gasteiger partial charge in [-0.1, -0.05) is 11.6 Å². The molecule has 0 aromatic heterocycles. The molecule has 0 aliphatic heterocycles. The minimum Gasteiger partial charge on any atom is -0.465 e. The highest BCUT2D eigenvalue weighted by Crippen LogP contribution is 2.21. The van der Waals surface area contributed by atoms with Crippen molar-refractivity contribution in [1.82, 2.24) is 5.32 Å². The Morgan fingerprint density at radius 3 is 2.67 bits per heavy atom. The van der Waals surface area contributed by atoms with Crippen LogP contribution >= 0.6 is 23.8 Å². The molecule has 1 aromatic rings. The molecule has 1 aromatic carbocycles. The number of halogens is 1. The van der Waals surface area contributed by atoms with Gasteiger partial charge < -0.3 is 15.4 Å². The largest absolute Gasteiger partial charge is 0.465 e. The first-order valence-electron chi connectivity index (χ1n) is 5.39. The molecular weight excluding hydrogens is 272 g/mol. The first kappa shape index (κ1) is 14.7. The highest BCUT2D eigenvalue weighted by molar-refractivity contribution is 7.80. The fourth-order valence-corrected chi connectivity index (χ4v) is 1.85. The predicted molar refractivity (Wildman–Crippen MR) is 77.3 cm³/mol. The van der Waals surface area contributed by atoms with E-state index in [4.69, 9.17) is 23.8 Å². The summed E-state index contributed by atoms with van der Waals surface area (Å²) in [6.07, 6.45) is 0. The molecule has 4 nitrogen and oxygen atoms in total. The summed E-state index contributed by atoms with van der Waals surface area (Å²) >= 11 is 11.0. The quantitative estimate of drug-likeness (QED) is 0.661. The Kier molecular flexibility index (Phi) is 5.37. The number of carbonyl (C=O) groups excluding carboxylic acids is 1. The van der Waals surface area contributed by atoms with Gasteiger partial charge in [-0.2, -0.15) is 0 Å². The van der Waals surface area contributed by atoms with Gasteiger partial charge in [0.1, 0.15) is 0 Å². The first-order valence-corrected chi connectivity index (χ1v) is 6.18. The van der Waals surface area contributed by atoms with Gasteiger partial charge in [0, 0.05) is 11.7 Å². The zero-order chi connectivity index (χ0) is 13.7. The molecule has 0 aliphatic rings. The summed E-state index contributed by atoms with van der Waals surface area (Å²) in [6.45, 7) is 3.96. The van der Waals surface area contributed by atoms with E-state index in [0.717, 1.165) is 0 Å². The van der Waals surface area contributed by atoms with Crippen LogP contribution in [0.2, 0.25) is 5.02 Å². The van der Waals surface area contributed by atoms with E-state index in [1.165, 1.54) is 7.11 Å². The molecule has 6 heteroatoms. The van der Waals surface area contributed by atoms with E-state index in [-0.39, 0.29) is 6.04 Å². The summed E-state index contributed by atoms with van der Waals surface area (Å²) in [5.74, 6) is -0.480. The van der Waals surface area contributed by atoms with Crippen LogP contribution in [0.25, 0.3) is 0 Å². The number of ether oxygens (including phenoxy) is 1. The summed E-state index contributed by atoms with van der Waals surface area (Å²) < 4.78 is 4.64. The van der Waals surface area contributed by atoms with Crippen molar-refractivity contribution in [1.29, 1.82) is 0 Å². The normalized spacial score (nSPS) is 10.1. The average Bonchev–Trinajstić information content (AvgIpc) is 2.29. The van der Waals surface area contributed by atoms with E-state index in [2.05, 4.69) is 15.4 Å². The first-order chi connectivity index (χ1) is 8.43. The molecule has 0 atom stereocenters. The second kappa shape index (κ2) is 6.56. The van der Waals surface area contributed by atoms with Crippen LogP contribution in [-0.4, -0.2) is 24.2 Å². The van der Waals surface area contributed by atoms with Crippen molar-refractivity contribution in [2.75, 3.05) is 12.4 Å². The Hall–Kier alpha value is -1.33. The zero-order valence-corrected chi connectivity index (χ0v) is 12.0.